The van der Waals surface area contributed by atoms with E-state index in [0.29, 0.717) is 12.1 Å². The van der Waals surface area contributed by atoms with Gasteiger partial charge in [-0.1, -0.05) is 28.1 Å². The number of carbonyl (C=O) groups excluding carboxylic acids is 1. The summed E-state index contributed by atoms with van der Waals surface area (Å²) in [6.45, 7) is 2.34. The number of piperidine rings is 1. The highest BCUT2D eigenvalue weighted by Crippen LogP contribution is 2.18. The van der Waals surface area contributed by atoms with E-state index in [9.17, 15) is 4.79 Å². The average molecular weight is 442 g/mol. The molecule has 2 aromatic rings. The van der Waals surface area contributed by atoms with Gasteiger partial charge in [0.05, 0.1) is 5.56 Å². The number of aromatic nitrogens is 1. The summed E-state index contributed by atoms with van der Waals surface area (Å²) in [6.07, 6.45) is 5.21. The Morgan fingerprint density at radius 1 is 1.29 bits per heavy atom. The highest BCUT2D eigenvalue weighted by molar-refractivity contribution is 9.10. The lowest BCUT2D eigenvalue weighted by Gasteiger charge is -2.33. The largest absolute Gasteiger partial charge is 0.356 e. The number of anilines is 1. The fraction of sp³-hybridized carbons (Fsp3) is 0.381. The molecule has 6 nitrogen and oxygen atoms in total. The minimum absolute atomic E-state index is 0.0933. The zero-order chi connectivity index (χ0) is 19.8. The Hall–Kier alpha value is -2.59. The van der Waals surface area contributed by atoms with Crippen molar-refractivity contribution < 1.29 is 4.79 Å². The molecular formula is C21H24BrN5O. The number of amides is 2. The van der Waals surface area contributed by atoms with Crippen molar-refractivity contribution in [3.05, 3.63) is 58.2 Å². The van der Waals surface area contributed by atoms with Gasteiger partial charge in [-0.3, -0.25) is 0 Å². The molecule has 1 aromatic carbocycles. The third kappa shape index (κ3) is 5.96. The highest BCUT2D eigenvalue weighted by atomic mass is 79.9. The second-order valence-electron chi connectivity index (χ2n) is 6.91. The number of hydrogen-bond acceptors (Lipinski definition) is 4. The molecule has 28 heavy (non-hydrogen) atoms. The van der Waals surface area contributed by atoms with Gasteiger partial charge in [0.2, 0.25) is 0 Å². The molecule has 0 atom stereocenters. The predicted octanol–water partition coefficient (Wildman–Crippen LogP) is 3.62. The lowest BCUT2D eigenvalue weighted by atomic mass is 10.1. The van der Waals surface area contributed by atoms with Crippen LogP contribution in [-0.2, 0) is 6.42 Å². The van der Waals surface area contributed by atoms with E-state index in [4.69, 9.17) is 5.26 Å². The molecule has 1 aliphatic heterocycles. The first-order valence-electron chi connectivity index (χ1n) is 9.54. The second-order valence-corrected chi connectivity index (χ2v) is 7.83. The fourth-order valence-corrected chi connectivity index (χ4v) is 3.76. The van der Waals surface area contributed by atoms with Gasteiger partial charge in [-0.25, -0.2) is 9.78 Å². The molecule has 0 radical (unpaired) electrons. The summed E-state index contributed by atoms with van der Waals surface area (Å²) in [5, 5.41) is 14.9. The van der Waals surface area contributed by atoms with E-state index < -0.39 is 0 Å². The number of nitriles is 1. The maximum Gasteiger partial charge on any atom is 0.315 e. The topological polar surface area (TPSA) is 81.0 Å². The molecule has 1 aliphatic rings. The Morgan fingerprint density at radius 2 is 2.11 bits per heavy atom. The van der Waals surface area contributed by atoms with Crippen LogP contribution in [0.25, 0.3) is 0 Å². The van der Waals surface area contributed by atoms with Gasteiger partial charge in [-0.15, -0.1) is 0 Å². The molecule has 7 heteroatoms. The van der Waals surface area contributed by atoms with Crippen molar-refractivity contribution in [1.82, 2.24) is 15.6 Å². The van der Waals surface area contributed by atoms with Crippen molar-refractivity contribution in [2.45, 2.75) is 31.7 Å². The first-order valence-corrected chi connectivity index (χ1v) is 10.3. The summed E-state index contributed by atoms with van der Waals surface area (Å²) in [5.74, 6) is 0.884. The molecular weight excluding hydrogens is 418 g/mol. The Balaban J connectivity index is 1.33. The van der Waals surface area contributed by atoms with Crippen LogP contribution in [-0.4, -0.2) is 36.7 Å². The smallest absolute Gasteiger partial charge is 0.315 e. The molecule has 146 valence electrons. The maximum atomic E-state index is 12.1. The molecule has 1 saturated heterocycles. The van der Waals surface area contributed by atoms with Crippen LogP contribution in [0.3, 0.4) is 0 Å². The number of urea groups is 1. The Kier molecular flexibility index (Phi) is 7.26. The molecule has 3 rings (SSSR count). The predicted molar refractivity (Wildman–Crippen MR) is 113 cm³/mol. The molecule has 0 aliphatic carbocycles. The van der Waals surface area contributed by atoms with Gasteiger partial charge in [-0.05, 0) is 55.5 Å². The van der Waals surface area contributed by atoms with Crippen LogP contribution in [0.4, 0.5) is 10.6 Å². The van der Waals surface area contributed by atoms with Gasteiger partial charge in [0.1, 0.15) is 11.9 Å². The molecule has 2 heterocycles. The van der Waals surface area contributed by atoms with Gasteiger partial charge in [0.25, 0.3) is 0 Å². The summed E-state index contributed by atoms with van der Waals surface area (Å²) in [6, 6.07) is 14.1. The molecule has 0 unspecified atom stereocenters. The lowest BCUT2D eigenvalue weighted by Crippen LogP contribution is -2.48. The van der Waals surface area contributed by atoms with E-state index in [2.05, 4.69) is 54.6 Å². The van der Waals surface area contributed by atoms with E-state index in [0.717, 1.165) is 49.1 Å². The molecule has 2 amide bonds. The van der Waals surface area contributed by atoms with Crippen LogP contribution in [0.1, 0.15) is 30.4 Å². The van der Waals surface area contributed by atoms with Gasteiger partial charge < -0.3 is 15.5 Å². The standard InChI is InChI=1S/C21H24BrN5O/c22-18-5-1-3-16(13-18)4-2-10-24-21(28)26-19-8-11-27(12-9-19)20-7-6-17(14-23)15-25-20/h1,3,5-7,13,15,19H,2,4,8-12H2,(H2,24,26,28). The number of halogens is 1. The lowest BCUT2D eigenvalue weighted by molar-refractivity contribution is 0.234. The number of aryl methyl sites for hydroxylation is 1. The normalized spacial score (nSPS) is 14.4. The third-order valence-corrected chi connectivity index (χ3v) is 5.34. The van der Waals surface area contributed by atoms with Gasteiger partial charge in [0, 0.05) is 36.3 Å². The molecule has 0 bridgehead atoms. The first kappa shape index (κ1) is 20.2. The van der Waals surface area contributed by atoms with E-state index in [-0.39, 0.29) is 12.1 Å². The SMILES string of the molecule is N#Cc1ccc(N2CCC(NC(=O)NCCCc3cccc(Br)c3)CC2)nc1. The van der Waals surface area contributed by atoms with Crippen molar-refractivity contribution in [2.24, 2.45) is 0 Å². The maximum absolute atomic E-state index is 12.1. The molecule has 2 N–H and O–H groups in total. The van der Waals surface area contributed by atoms with E-state index in [1.54, 1.807) is 12.3 Å². The molecule has 0 spiro atoms. The average Bonchev–Trinajstić information content (AvgIpc) is 2.72. The van der Waals surface area contributed by atoms with Gasteiger partial charge in [-0.2, -0.15) is 5.26 Å². The summed E-state index contributed by atoms with van der Waals surface area (Å²) in [4.78, 5) is 18.6. The second kappa shape index (κ2) is 10.1. The molecule has 1 aromatic heterocycles. The summed E-state index contributed by atoms with van der Waals surface area (Å²) in [5.41, 5.74) is 1.83. The van der Waals surface area contributed by atoms with E-state index in [1.165, 1.54) is 5.56 Å². The monoisotopic (exact) mass is 441 g/mol. The van der Waals surface area contributed by atoms with Crippen LogP contribution in [0, 0.1) is 11.3 Å². The Morgan fingerprint density at radius 3 is 2.79 bits per heavy atom. The van der Waals surface area contributed by atoms with Crippen molar-refractivity contribution in [1.29, 1.82) is 5.26 Å². The minimum atomic E-state index is -0.0933. The van der Waals surface area contributed by atoms with Gasteiger partial charge in [0.15, 0.2) is 0 Å². The molecule has 1 fully saturated rings. The number of nitrogens with one attached hydrogen (secondary N) is 2. The van der Waals surface area contributed by atoms with Crippen molar-refractivity contribution in [2.75, 3.05) is 24.5 Å². The number of rotatable bonds is 6. The van der Waals surface area contributed by atoms with Gasteiger partial charge >= 0.3 is 6.03 Å². The summed E-state index contributed by atoms with van der Waals surface area (Å²) >= 11 is 3.48. The summed E-state index contributed by atoms with van der Waals surface area (Å²) in [7, 11) is 0. The zero-order valence-corrected chi connectivity index (χ0v) is 17.3. The zero-order valence-electron chi connectivity index (χ0n) is 15.7. The van der Waals surface area contributed by atoms with Crippen LogP contribution in [0.15, 0.2) is 47.1 Å². The first-order chi connectivity index (χ1) is 13.6. The van der Waals surface area contributed by atoms with Crippen molar-refractivity contribution in [3.63, 3.8) is 0 Å². The number of nitrogens with zero attached hydrogens (tertiary/aromatic N) is 3. The number of carbonyl (C=O) groups is 1. The minimum Gasteiger partial charge on any atom is -0.356 e. The van der Waals surface area contributed by atoms with Crippen LogP contribution in [0.5, 0.6) is 0 Å². The van der Waals surface area contributed by atoms with Crippen LogP contribution >= 0.6 is 15.9 Å². The van der Waals surface area contributed by atoms with Crippen LogP contribution in [0.2, 0.25) is 0 Å². The number of hydrogen-bond donors (Lipinski definition) is 2. The summed E-state index contributed by atoms with van der Waals surface area (Å²) < 4.78 is 1.08. The van der Waals surface area contributed by atoms with Crippen LogP contribution < -0.4 is 15.5 Å². The highest BCUT2D eigenvalue weighted by Gasteiger charge is 2.21. The van der Waals surface area contributed by atoms with E-state index >= 15 is 0 Å². The quantitative estimate of drug-likeness (QED) is 0.670. The number of pyridine rings is 1. The number of benzene rings is 1. The van der Waals surface area contributed by atoms with Crippen molar-refractivity contribution in [3.8, 4) is 6.07 Å². The third-order valence-electron chi connectivity index (χ3n) is 4.85. The Bertz CT molecular complexity index is 825. The molecule has 0 saturated carbocycles. The van der Waals surface area contributed by atoms with E-state index in [1.807, 2.05) is 18.2 Å². The Labute approximate surface area is 174 Å². The fourth-order valence-electron chi connectivity index (χ4n) is 3.32. The van der Waals surface area contributed by atoms with Crippen molar-refractivity contribution >= 4 is 27.8 Å².